The molecule has 1 saturated heterocycles. The molecule has 0 aromatic carbocycles. The maximum Gasteiger partial charge on any atom is 0.0516 e. The fourth-order valence-electron chi connectivity index (χ4n) is 1.89. The van der Waals surface area contributed by atoms with Crippen LogP contribution in [-0.2, 0) is 4.74 Å². The van der Waals surface area contributed by atoms with E-state index in [9.17, 15) is 0 Å². The summed E-state index contributed by atoms with van der Waals surface area (Å²) in [6.45, 7) is 5.44. The van der Waals surface area contributed by atoms with Gasteiger partial charge in [0, 0.05) is 5.92 Å². The number of hydrogen-bond acceptors (Lipinski definition) is 2. The average Bonchev–Trinajstić information content (AvgIpc) is 1.97. The summed E-state index contributed by atoms with van der Waals surface area (Å²) in [7, 11) is 2.04. The average molecular weight is 171 g/mol. The molecule has 1 N–H and O–H groups in total. The Bertz CT molecular complexity index is 106. The molecular formula is C10H21NO. The van der Waals surface area contributed by atoms with E-state index in [0.29, 0.717) is 0 Å². The Hall–Kier alpha value is -0.0800. The predicted octanol–water partition coefficient (Wildman–Crippen LogP) is 1.66. The zero-order valence-electron chi connectivity index (χ0n) is 8.31. The van der Waals surface area contributed by atoms with Gasteiger partial charge in [0.05, 0.1) is 13.2 Å². The Morgan fingerprint density at radius 2 is 2.25 bits per heavy atom. The summed E-state index contributed by atoms with van der Waals surface area (Å²) in [5, 5.41) is 3.27. The molecule has 1 unspecified atom stereocenters. The molecule has 1 aliphatic rings. The van der Waals surface area contributed by atoms with Crippen molar-refractivity contribution >= 4 is 0 Å². The molecule has 0 saturated carbocycles. The SMILES string of the molecule is CCCC(CNC)CC1COC1. The van der Waals surface area contributed by atoms with E-state index in [4.69, 9.17) is 4.74 Å². The largest absolute Gasteiger partial charge is 0.381 e. The van der Waals surface area contributed by atoms with Crippen molar-refractivity contribution in [2.45, 2.75) is 26.2 Å². The minimum absolute atomic E-state index is 0.856. The second-order valence-corrected chi connectivity index (χ2v) is 3.85. The molecule has 72 valence electrons. The first kappa shape index (κ1) is 10.0. The van der Waals surface area contributed by atoms with Crippen molar-refractivity contribution in [3.05, 3.63) is 0 Å². The Labute approximate surface area is 75.7 Å². The van der Waals surface area contributed by atoms with E-state index in [2.05, 4.69) is 12.2 Å². The van der Waals surface area contributed by atoms with Gasteiger partial charge in [0.15, 0.2) is 0 Å². The molecule has 12 heavy (non-hydrogen) atoms. The van der Waals surface area contributed by atoms with Gasteiger partial charge in [-0.15, -0.1) is 0 Å². The van der Waals surface area contributed by atoms with Crippen LogP contribution in [-0.4, -0.2) is 26.8 Å². The first-order chi connectivity index (χ1) is 5.86. The van der Waals surface area contributed by atoms with Crippen molar-refractivity contribution < 1.29 is 4.74 Å². The Morgan fingerprint density at radius 3 is 2.67 bits per heavy atom. The molecule has 1 atom stereocenters. The molecule has 2 heteroatoms. The smallest absolute Gasteiger partial charge is 0.0516 e. The fourth-order valence-corrected chi connectivity index (χ4v) is 1.89. The van der Waals surface area contributed by atoms with Crippen LogP contribution in [0.3, 0.4) is 0 Å². The van der Waals surface area contributed by atoms with Gasteiger partial charge in [0.25, 0.3) is 0 Å². The van der Waals surface area contributed by atoms with Gasteiger partial charge < -0.3 is 10.1 Å². The van der Waals surface area contributed by atoms with Gasteiger partial charge in [-0.05, 0) is 32.4 Å². The van der Waals surface area contributed by atoms with Crippen LogP contribution >= 0.6 is 0 Å². The fraction of sp³-hybridized carbons (Fsp3) is 1.00. The predicted molar refractivity (Wildman–Crippen MR) is 51.3 cm³/mol. The number of nitrogens with one attached hydrogen (secondary N) is 1. The Kier molecular flexibility index (Phi) is 4.62. The van der Waals surface area contributed by atoms with Gasteiger partial charge in [-0.25, -0.2) is 0 Å². The van der Waals surface area contributed by atoms with E-state index in [0.717, 1.165) is 25.0 Å². The molecule has 2 nitrogen and oxygen atoms in total. The van der Waals surface area contributed by atoms with Crippen LogP contribution in [0.25, 0.3) is 0 Å². The van der Waals surface area contributed by atoms with E-state index in [1.165, 1.54) is 25.8 Å². The van der Waals surface area contributed by atoms with Gasteiger partial charge in [-0.1, -0.05) is 13.3 Å². The molecule has 0 aromatic heterocycles. The zero-order chi connectivity index (χ0) is 8.81. The maximum absolute atomic E-state index is 5.17. The summed E-state index contributed by atoms with van der Waals surface area (Å²) in [4.78, 5) is 0. The van der Waals surface area contributed by atoms with E-state index < -0.39 is 0 Å². The van der Waals surface area contributed by atoms with Gasteiger partial charge >= 0.3 is 0 Å². The normalized spacial score (nSPS) is 20.5. The molecule has 0 bridgehead atoms. The number of hydrogen-bond donors (Lipinski definition) is 1. The van der Waals surface area contributed by atoms with Crippen molar-refractivity contribution in [2.75, 3.05) is 26.8 Å². The lowest BCUT2D eigenvalue weighted by Crippen LogP contribution is -2.32. The molecule has 0 radical (unpaired) electrons. The van der Waals surface area contributed by atoms with Crippen molar-refractivity contribution in [3.8, 4) is 0 Å². The van der Waals surface area contributed by atoms with Crippen LogP contribution < -0.4 is 5.32 Å². The van der Waals surface area contributed by atoms with Crippen LogP contribution in [0.5, 0.6) is 0 Å². The lowest BCUT2D eigenvalue weighted by atomic mass is 9.90. The quantitative estimate of drug-likeness (QED) is 0.656. The van der Waals surface area contributed by atoms with Crippen molar-refractivity contribution in [1.82, 2.24) is 5.32 Å². The Balaban J connectivity index is 2.11. The van der Waals surface area contributed by atoms with Gasteiger partial charge in [0.1, 0.15) is 0 Å². The van der Waals surface area contributed by atoms with Crippen molar-refractivity contribution in [3.63, 3.8) is 0 Å². The summed E-state index contributed by atoms with van der Waals surface area (Å²) in [6.07, 6.45) is 4.02. The minimum atomic E-state index is 0.856. The standard InChI is InChI=1S/C10H21NO/c1-3-4-9(6-11-2)5-10-7-12-8-10/h9-11H,3-8H2,1-2H3. The van der Waals surface area contributed by atoms with Crippen LogP contribution in [0.4, 0.5) is 0 Å². The molecule has 1 rings (SSSR count). The molecule has 0 spiro atoms. The molecule has 0 aliphatic carbocycles. The van der Waals surface area contributed by atoms with E-state index in [1.54, 1.807) is 0 Å². The van der Waals surface area contributed by atoms with Crippen molar-refractivity contribution in [1.29, 1.82) is 0 Å². The summed E-state index contributed by atoms with van der Waals surface area (Å²) in [5.41, 5.74) is 0. The highest BCUT2D eigenvalue weighted by molar-refractivity contribution is 4.71. The third-order valence-electron chi connectivity index (χ3n) is 2.56. The first-order valence-corrected chi connectivity index (χ1v) is 5.09. The lowest BCUT2D eigenvalue weighted by molar-refractivity contribution is -0.0428. The molecule has 1 heterocycles. The summed E-state index contributed by atoms with van der Waals surface area (Å²) < 4.78 is 5.17. The molecular weight excluding hydrogens is 150 g/mol. The minimum Gasteiger partial charge on any atom is -0.381 e. The maximum atomic E-state index is 5.17. The Morgan fingerprint density at radius 1 is 1.50 bits per heavy atom. The molecule has 1 fully saturated rings. The van der Waals surface area contributed by atoms with Crippen molar-refractivity contribution in [2.24, 2.45) is 11.8 Å². The monoisotopic (exact) mass is 171 g/mol. The number of rotatable bonds is 6. The molecule has 0 amide bonds. The zero-order valence-corrected chi connectivity index (χ0v) is 8.31. The highest BCUT2D eigenvalue weighted by Crippen LogP contribution is 2.22. The van der Waals surface area contributed by atoms with E-state index in [-0.39, 0.29) is 0 Å². The van der Waals surface area contributed by atoms with E-state index in [1.807, 2.05) is 7.05 Å². The second-order valence-electron chi connectivity index (χ2n) is 3.85. The topological polar surface area (TPSA) is 21.3 Å². The van der Waals surface area contributed by atoms with Crippen LogP contribution in [0.15, 0.2) is 0 Å². The highest BCUT2D eigenvalue weighted by atomic mass is 16.5. The first-order valence-electron chi connectivity index (χ1n) is 5.09. The van der Waals surface area contributed by atoms with Crippen LogP contribution in [0, 0.1) is 11.8 Å². The van der Waals surface area contributed by atoms with Gasteiger partial charge in [0.2, 0.25) is 0 Å². The summed E-state index contributed by atoms with van der Waals surface area (Å²) in [5.74, 6) is 1.73. The highest BCUT2D eigenvalue weighted by Gasteiger charge is 2.21. The second kappa shape index (κ2) is 5.55. The summed E-state index contributed by atoms with van der Waals surface area (Å²) >= 11 is 0. The van der Waals surface area contributed by atoms with Crippen LogP contribution in [0.2, 0.25) is 0 Å². The number of ether oxygens (including phenoxy) is 1. The lowest BCUT2D eigenvalue weighted by Gasteiger charge is -2.29. The molecule has 0 aromatic rings. The molecule has 1 aliphatic heterocycles. The third kappa shape index (κ3) is 3.11. The third-order valence-corrected chi connectivity index (χ3v) is 2.56. The van der Waals surface area contributed by atoms with Gasteiger partial charge in [-0.3, -0.25) is 0 Å². The van der Waals surface area contributed by atoms with E-state index >= 15 is 0 Å². The summed E-state index contributed by atoms with van der Waals surface area (Å²) in [6, 6.07) is 0. The van der Waals surface area contributed by atoms with Crippen LogP contribution in [0.1, 0.15) is 26.2 Å². The van der Waals surface area contributed by atoms with Gasteiger partial charge in [-0.2, -0.15) is 0 Å².